The van der Waals surface area contributed by atoms with Gasteiger partial charge in [-0.3, -0.25) is 0 Å². The molecule has 0 saturated heterocycles. The number of halogens is 3. The average molecular weight is 278 g/mol. The Bertz CT molecular complexity index is 487. The predicted octanol–water partition coefficient (Wildman–Crippen LogP) is 0.671. The van der Waals surface area contributed by atoms with Crippen molar-refractivity contribution in [3.05, 3.63) is 29.6 Å². The molecule has 2 amide bonds. The van der Waals surface area contributed by atoms with Gasteiger partial charge in [-0.05, 0) is 0 Å². The fourth-order valence-corrected chi connectivity index (χ4v) is 1.14. The molecule has 4 N–H and O–H groups in total. The highest BCUT2D eigenvalue weighted by Gasteiger charge is 2.19. The van der Waals surface area contributed by atoms with Gasteiger partial charge in [0.2, 0.25) is 0 Å². The molecule has 0 radical (unpaired) electrons. The molecule has 0 spiro atoms. The van der Waals surface area contributed by atoms with Crippen LogP contribution in [0.15, 0.2) is 12.1 Å². The third-order valence-corrected chi connectivity index (χ3v) is 2.03. The number of carboxylic acid groups (broad SMARTS) is 1. The maximum atomic E-state index is 12.8. The number of rotatable bonds is 4. The molecule has 9 heteroatoms. The number of hydrogen-bond donors (Lipinski definition) is 4. The number of amides is 2. The number of benzene rings is 1. The summed E-state index contributed by atoms with van der Waals surface area (Å²) >= 11 is 0. The lowest BCUT2D eigenvalue weighted by molar-refractivity contribution is -0.140. The Morgan fingerprint density at radius 3 is 2.16 bits per heavy atom. The third kappa shape index (κ3) is 3.85. The second kappa shape index (κ2) is 6.05. The molecule has 0 bridgehead atoms. The van der Waals surface area contributed by atoms with E-state index in [1.807, 2.05) is 10.6 Å². The van der Waals surface area contributed by atoms with Crippen molar-refractivity contribution >= 4 is 17.7 Å². The van der Waals surface area contributed by atoms with Gasteiger partial charge < -0.3 is 20.8 Å². The summed E-state index contributed by atoms with van der Waals surface area (Å²) in [5.41, 5.74) is -0.407. The van der Waals surface area contributed by atoms with E-state index in [0.717, 1.165) is 0 Å². The normalized spacial score (nSPS) is 11.8. The van der Waals surface area contributed by atoms with Crippen LogP contribution in [0.3, 0.4) is 0 Å². The van der Waals surface area contributed by atoms with Gasteiger partial charge in [0.25, 0.3) is 0 Å². The predicted molar refractivity (Wildman–Crippen MR) is 57.0 cm³/mol. The summed E-state index contributed by atoms with van der Waals surface area (Å²) in [6.45, 7) is -0.866. The van der Waals surface area contributed by atoms with Crippen LogP contribution in [0.25, 0.3) is 0 Å². The van der Waals surface area contributed by atoms with Gasteiger partial charge in [0, 0.05) is 17.8 Å². The Morgan fingerprint density at radius 2 is 1.74 bits per heavy atom. The molecule has 1 aromatic rings. The zero-order valence-corrected chi connectivity index (χ0v) is 9.28. The van der Waals surface area contributed by atoms with Crippen molar-refractivity contribution in [3.63, 3.8) is 0 Å². The van der Waals surface area contributed by atoms with Crippen molar-refractivity contribution < 1.29 is 33.0 Å². The minimum absolute atomic E-state index is 0.407. The zero-order chi connectivity index (χ0) is 14.6. The molecule has 1 atom stereocenters. The van der Waals surface area contributed by atoms with Crippen LogP contribution in [-0.4, -0.2) is 34.9 Å². The van der Waals surface area contributed by atoms with E-state index in [1.54, 1.807) is 0 Å². The highest BCUT2D eigenvalue weighted by atomic mass is 19.2. The summed E-state index contributed by atoms with van der Waals surface area (Å²) in [5, 5.41) is 20.9. The van der Waals surface area contributed by atoms with Crippen LogP contribution in [-0.2, 0) is 4.79 Å². The summed E-state index contributed by atoms with van der Waals surface area (Å²) in [4.78, 5) is 21.8. The topological polar surface area (TPSA) is 98.7 Å². The second-order valence-corrected chi connectivity index (χ2v) is 3.43. The first kappa shape index (κ1) is 14.8. The van der Waals surface area contributed by atoms with Gasteiger partial charge in [-0.2, -0.15) is 0 Å². The van der Waals surface area contributed by atoms with Crippen molar-refractivity contribution in [1.29, 1.82) is 0 Å². The lowest BCUT2D eigenvalue weighted by atomic mass is 10.3. The maximum Gasteiger partial charge on any atom is 0.328 e. The number of aliphatic carboxylic acids is 1. The molecule has 6 nitrogen and oxygen atoms in total. The van der Waals surface area contributed by atoms with Gasteiger partial charge in [-0.1, -0.05) is 0 Å². The Hall–Kier alpha value is -2.29. The fourth-order valence-electron chi connectivity index (χ4n) is 1.14. The minimum Gasteiger partial charge on any atom is -0.480 e. The lowest BCUT2D eigenvalue weighted by Crippen LogP contribution is -2.45. The number of carbonyl (C=O) groups is 2. The molecule has 104 valence electrons. The molecule has 0 heterocycles. The quantitative estimate of drug-likeness (QED) is 0.608. The van der Waals surface area contributed by atoms with E-state index in [-0.39, 0.29) is 0 Å². The van der Waals surface area contributed by atoms with Gasteiger partial charge in [0.1, 0.15) is 0 Å². The van der Waals surface area contributed by atoms with Crippen LogP contribution in [0.1, 0.15) is 0 Å². The standard InChI is InChI=1S/C10H9F3N2O4/c11-5-1-4(2-6(12)8(5)13)14-10(19)15-7(3-16)9(17)18/h1-2,7,16H,3H2,(H,17,18)(H2,14,15,19)/t7-/m1/s1. The Kier molecular flexibility index (Phi) is 4.70. The van der Waals surface area contributed by atoms with Crippen LogP contribution in [0.5, 0.6) is 0 Å². The Morgan fingerprint density at radius 1 is 1.21 bits per heavy atom. The lowest BCUT2D eigenvalue weighted by Gasteiger charge is -2.12. The maximum absolute atomic E-state index is 12.8. The molecule has 0 aliphatic carbocycles. The van der Waals surface area contributed by atoms with Gasteiger partial charge >= 0.3 is 12.0 Å². The molecular formula is C10H9F3N2O4. The number of carbonyl (C=O) groups excluding carboxylic acids is 1. The van der Waals surface area contributed by atoms with E-state index in [4.69, 9.17) is 10.2 Å². The van der Waals surface area contributed by atoms with E-state index in [0.29, 0.717) is 12.1 Å². The Labute approximate surface area is 104 Å². The van der Waals surface area contributed by atoms with Crippen molar-refractivity contribution in [1.82, 2.24) is 5.32 Å². The first-order valence-electron chi connectivity index (χ1n) is 4.91. The largest absolute Gasteiger partial charge is 0.480 e. The van der Waals surface area contributed by atoms with Crippen LogP contribution >= 0.6 is 0 Å². The number of carboxylic acids is 1. The molecule has 19 heavy (non-hydrogen) atoms. The number of anilines is 1. The van der Waals surface area contributed by atoms with Crippen molar-refractivity contribution in [3.8, 4) is 0 Å². The molecule has 0 aliphatic rings. The van der Waals surface area contributed by atoms with E-state index >= 15 is 0 Å². The highest BCUT2D eigenvalue weighted by Crippen LogP contribution is 2.17. The third-order valence-electron chi connectivity index (χ3n) is 2.03. The summed E-state index contributed by atoms with van der Waals surface area (Å²) in [7, 11) is 0. The second-order valence-electron chi connectivity index (χ2n) is 3.43. The van der Waals surface area contributed by atoms with E-state index in [9.17, 15) is 22.8 Å². The van der Waals surface area contributed by atoms with Gasteiger partial charge in [0.05, 0.1) is 6.61 Å². The smallest absolute Gasteiger partial charge is 0.328 e. The molecule has 0 fully saturated rings. The van der Waals surface area contributed by atoms with E-state index in [1.165, 1.54) is 0 Å². The summed E-state index contributed by atoms with van der Waals surface area (Å²) in [6, 6.07) is -1.65. The van der Waals surface area contributed by atoms with Crippen LogP contribution in [0, 0.1) is 17.5 Å². The van der Waals surface area contributed by atoms with Crippen molar-refractivity contribution in [2.75, 3.05) is 11.9 Å². The summed E-state index contributed by atoms with van der Waals surface area (Å²) in [5.74, 6) is -6.20. The first-order chi connectivity index (χ1) is 8.85. The molecule has 1 rings (SSSR count). The molecule has 1 aromatic carbocycles. The van der Waals surface area contributed by atoms with Crippen molar-refractivity contribution in [2.24, 2.45) is 0 Å². The Balaban J connectivity index is 2.75. The number of urea groups is 1. The van der Waals surface area contributed by atoms with Crippen LogP contribution < -0.4 is 10.6 Å². The van der Waals surface area contributed by atoms with E-state index < -0.39 is 47.8 Å². The van der Waals surface area contributed by atoms with Gasteiger partial charge in [-0.25, -0.2) is 22.8 Å². The van der Waals surface area contributed by atoms with Crippen LogP contribution in [0.4, 0.5) is 23.7 Å². The SMILES string of the molecule is O=C(Nc1cc(F)c(F)c(F)c1)N[C@H](CO)C(=O)O. The number of hydrogen-bond acceptors (Lipinski definition) is 3. The van der Waals surface area contributed by atoms with Gasteiger partial charge in [0.15, 0.2) is 23.5 Å². The molecule has 0 aromatic heterocycles. The number of aliphatic hydroxyl groups excluding tert-OH is 1. The highest BCUT2D eigenvalue weighted by molar-refractivity contribution is 5.92. The summed E-state index contributed by atoms with van der Waals surface area (Å²) in [6.07, 6.45) is 0. The average Bonchev–Trinajstić information content (AvgIpc) is 2.32. The molecule has 0 aliphatic heterocycles. The number of nitrogens with one attached hydrogen (secondary N) is 2. The molecular weight excluding hydrogens is 269 g/mol. The molecule has 0 saturated carbocycles. The molecule has 0 unspecified atom stereocenters. The van der Waals surface area contributed by atoms with Crippen molar-refractivity contribution in [2.45, 2.75) is 6.04 Å². The zero-order valence-electron chi connectivity index (χ0n) is 9.28. The number of aliphatic hydroxyl groups is 1. The van der Waals surface area contributed by atoms with E-state index in [2.05, 4.69) is 0 Å². The first-order valence-corrected chi connectivity index (χ1v) is 4.91. The minimum atomic E-state index is -1.69. The monoisotopic (exact) mass is 278 g/mol. The summed E-state index contributed by atoms with van der Waals surface area (Å²) < 4.78 is 38.3. The van der Waals surface area contributed by atoms with Gasteiger partial charge in [-0.15, -0.1) is 0 Å². The van der Waals surface area contributed by atoms with Crippen LogP contribution in [0.2, 0.25) is 0 Å². The fraction of sp³-hybridized carbons (Fsp3) is 0.200.